The van der Waals surface area contributed by atoms with Crippen molar-refractivity contribution >= 4 is 15.9 Å². The molecule has 0 amide bonds. The highest BCUT2D eigenvalue weighted by molar-refractivity contribution is 9.10. The lowest BCUT2D eigenvalue weighted by Gasteiger charge is -2.20. The molecule has 0 aromatic rings. The van der Waals surface area contributed by atoms with Gasteiger partial charge in [0.25, 0.3) is 0 Å². The number of rotatable bonds is 0. The van der Waals surface area contributed by atoms with Gasteiger partial charge >= 0.3 is 0 Å². The largest absolute Gasteiger partial charge is 0.0804 e. The van der Waals surface area contributed by atoms with Gasteiger partial charge in [0.05, 0.1) is 0 Å². The molecule has 1 atom stereocenters. The summed E-state index contributed by atoms with van der Waals surface area (Å²) < 4.78 is 0.0891. The first kappa shape index (κ1) is 7.07. The third-order valence-electron chi connectivity index (χ3n) is 1.29. The molecule has 1 radical (unpaired) electrons. The molecule has 1 aliphatic rings. The van der Waals surface area contributed by atoms with Gasteiger partial charge in [-0.15, -0.1) is 0 Å². The maximum atomic E-state index is 3.55. The molecular weight excluding hydrogens is 176 g/mol. The number of alkyl halides is 1. The van der Waals surface area contributed by atoms with Crippen LogP contribution in [0.25, 0.3) is 0 Å². The zero-order valence-electron chi connectivity index (χ0n) is 5.69. The Morgan fingerprint density at radius 1 is 1.56 bits per heavy atom. The van der Waals surface area contributed by atoms with Crippen molar-refractivity contribution in [3.05, 3.63) is 30.2 Å². The standard InChI is InChI=1S/C8H10Br/c1-7-4-3-5-8(2,9)6-7/h3-6H,1-2H3. The molecule has 1 heteroatoms. The maximum absolute atomic E-state index is 3.55. The van der Waals surface area contributed by atoms with Crippen molar-refractivity contribution in [1.82, 2.24) is 0 Å². The molecule has 1 aliphatic carbocycles. The van der Waals surface area contributed by atoms with Crippen LogP contribution in [-0.2, 0) is 0 Å². The summed E-state index contributed by atoms with van der Waals surface area (Å²) in [4.78, 5) is 0. The van der Waals surface area contributed by atoms with Gasteiger partial charge in [0, 0.05) is 10.7 Å². The van der Waals surface area contributed by atoms with Gasteiger partial charge < -0.3 is 0 Å². The Hall–Kier alpha value is -0.0400. The van der Waals surface area contributed by atoms with Crippen molar-refractivity contribution in [3.8, 4) is 0 Å². The Balaban J connectivity index is 2.73. The molecule has 0 saturated heterocycles. The summed E-state index contributed by atoms with van der Waals surface area (Å²) in [7, 11) is 0. The lowest BCUT2D eigenvalue weighted by molar-refractivity contribution is 0.936. The molecule has 49 valence electrons. The SMILES string of the molecule is CC1=CC=CC(C)(Br)[CH]1. The highest BCUT2D eigenvalue weighted by Crippen LogP contribution is 2.29. The van der Waals surface area contributed by atoms with E-state index in [9.17, 15) is 0 Å². The quantitative estimate of drug-likeness (QED) is 0.510. The molecule has 0 saturated carbocycles. The highest BCUT2D eigenvalue weighted by atomic mass is 79.9. The Labute approximate surface area is 64.8 Å². The molecule has 0 fully saturated rings. The van der Waals surface area contributed by atoms with Crippen molar-refractivity contribution in [2.24, 2.45) is 0 Å². The minimum atomic E-state index is 0.0891. The fourth-order valence-corrected chi connectivity index (χ4v) is 1.44. The first-order valence-electron chi connectivity index (χ1n) is 3.01. The van der Waals surface area contributed by atoms with Gasteiger partial charge in [0.2, 0.25) is 0 Å². The molecule has 0 heterocycles. The Bertz CT molecular complexity index is 163. The maximum Gasteiger partial charge on any atom is 0.0483 e. The minimum Gasteiger partial charge on any atom is -0.0804 e. The molecular formula is C8H10Br. The molecule has 1 unspecified atom stereocenters. The molecule has 9 heavy (non-hydrogen) atoms. The Morgan fingerprint density at radius 3 is 2.56 bits per heavy atom. The van der Waals surface area contributed by atoms with Gasteiger partial charge in [-0.05, 0) is 13.8 Å². The summed E-state index contributed by atoms with van der Waals surface area (Å²) in [6.45, 7) is 4.23. The molecule has 0 N–H and O–H groups in total. The van der Waals surface area contributed by atoms with E-state index >= 15 is 0 Å². The van der Waals surface area contributed by atoms with E-state index in [1.807, 2.05) is 0 Å². The minimum absolute atomic E-state index is 0.0891. The van der Waals surface area contributed by atoms with E-state index in [1.54, 1.807) is 0 Å². The lowest BCUT2D eigenvalue weighted by atomic mass is 9.97. The van der Waals surface area contributed by atoms with E-state index in [4.69, 9.17) is 0 Å². The van der Waals surface area contributed by atoms with Crippen molar-refractivity contribution in [3.63, 3.8) is 0 Å². The van der Waals surface area contributed by atoms with Crippen LogP contribution in [0.2, 0.25) is 0 Å². The van der Waals surface area contributed by atoms with E-state index in [-0.39, 0.29) is 4.32 Å². The zero-order chi connectivity index (χ0) is 6.91. The van der Waals surface area contributed by atoms with Crippen molar-refractivity contribution < 1.29 is 0 Å². The molecule has 0 bridgehead atoms. The van der Waals surface area contributed by atoms with Gasteiger partial charge in [-0.25, -0.2) is 0 Å². The monoisotopic (exact) mass is 185 g/mol. The van der Waals surface area contributed by atoms with E-state index in [0.29, 0.717) is 0 Å². The smallest absolute Gasteiger partial charge is 0.0483 e. The summed E-state index contributed by atoms with van der Waals surface area (Å²) in [5.74, 6) is 0. The first-order chi connectivity index (χ1) is 4.10. The third kappa shape index (κ3) is 1.98. The summed E-state index contributed by atoms with van der Waals surface area (Å²) >= 11 is 3.55. The molecule has 0 spiro atoms. The fraction of sp³-hybridized carbons (Fsp3) is 0.375. The van der Waals surface area contributed by atoms with Crippen LogP contribution >= 0.6 is 15.9 Å². The van der Waals surface area contributed by atoms with Gasteiger partial charge in [-0.3, -0.25) is 0 Å². The second-order valence-electron chi connectivity index (χ2n) is 2.57. The highest BCUT2D eigenvalue weighted by Gasteiger charge is 2.18. The van der Waals surface area contributed by atoms with Crippen LogP contribution in [0.1, 0.15) is 13.8 Å². The Kier molecular flexibility index (Phi) is 1.80. The summed E-state index contributed by atoms with van der Waals surface area (Å²) in [5.41, 5.74) is 1.32. The van der Waals surface area contributed by atoms with Crippen LogP contribution in [0, 0.1) is 6.42 Å². The fourth-order valence-electron chi connectivity index (χ4n) is 0.929. The van der Waals surface area contributed by atoms with E-state index in [2.05, 4.69) is 54.4 Å². The number of hydrogen-bond donors (Lipinski definition) is 0. The second kappa shape index (κ2) is 2.30. The van der Waals surface area contributed by atoms with Crippen LogP contribution < -0.4 is 0 Å². The molecule has 0 aromatic carbocycles. The van der Waals surface area contributed by atoms with Gasteiger partial charge in [-0.2, -0.15) is 0 Å². The average molecular weight is 186 g/mol. The first-order valence-corrected chi connectivity index (χ1v) is 3.80. The van der Waals surface area contributed by atoms with Gasteiger partial charge in [0.15, 0.2) is 0 Å². The van der Waals surface area contributed by atoms with Crippen LogP contribution in [0.15, 0.2) is 23.8 Å². The van der Waals surface area contributed by atoms with Crippen LogP contribution in [0.4, 0.5) is 0 Å². The van der Waals surface area contributed by atoms with E-state index < -0.39 is 0 Å². The van der Waals surface area contributed by atoms with Crippen molar-refractivity contribution in [2.75, 3.05) is 0 Å². The summed E-state index contributed by atoms with van der Waals surface area (Å²) in [6.07, 6.45) is 8.49. The number of allylic oxidation sites excluding steroid dienone is 4. The lowest BCUT2D eigenvalue weighted by Crippen LogP contribution is -2.14. The normalized spacial score (nSPS) is 34.3. The third-order valence-corrected chi connectivity index (χ3v) is 1.78. The predicted octanol–water partition coefficient (Wildman–Crippen LogP) is 2.86. The zero-order valence-corrected chi connectivity index (χ0v) is 7.27. The van der Waals surface area contributed by atoms with E-state index in [0.717, 1.165) is 0 Å². The molecule has 0 aromatic heterocycles. The predicted molar refractivity (Wildman–Crippen MR) is 44.5 cm³/mol. The summed E-state index contributed by atoms with van der Waals surface area (Å²) in [5, 5.41) is 0. The van der Waals surface area contributed by atoms with Crippen molar-refractivity contribution in [1.29, 1.82) is 0 Å². The molecule has 0 aliphatic heterocycles. The Morgan fingerprint density at radius 2 is 2.22 bits per heavy atom. The molecule has 0 nitrogen and oxygen atoms in total. The topological polar surface area (TPSA) is 0 Å². The number of halogens is 1. The van der Waals surface area contributed by atoms with Gasteiger partial charge in [0.1, 0.15) is 0 Å². The van der Waals surface area contributed by atoms with E-state index in [1.165, 1.54) is 5.57 Å². The van der Waals surface area contributed by atoms with Crippen molar-refractivity contribution in [2.45, 2.75) is 18.2 Å². The second-order valence-corrected chi connectivity index (χ2v) is 4.27. The average Bonchev–Trinajstić information content (AvgIpc) is 1.60. The summed E-state index contributed by atoms with van der Waals surface area (Å²) in [6, 6.07) is 0. The molecule has 1 rings (SSSR count). The van der Waals surface area contributed by atoms with Crippen LogP contribution in [0.3, 0.4) is 0 Å². The van der Waals surface area contributed by atoms with Crippen LogP contribution in [-0.4, -0.2) is 4.32 Å². The number of hydrogen-bond acceptors (Lipinski definition) is 0. The van der Waals surface area contributed by atoms with Gasteiger partial charge in [-0.1, -0.05) is 39.7 Å². The van der Waals surface area contributed by atoms with Crippen LogP contribution in [0.5, 0.6) is 0 Å².